The monoisotopic (exact) mass is 439 g/mol. The first-order chi connectivity index (χ1) is 14.6. The Morgan fingerprint density at radius 3 is 2.60 bits per heavy atom. The molecule has 1 N–H and O–H groups in total. The fourth-order valence-electron chi connectivity index (χ4n) is 3.14. The van der Waals surface area contributed by atoms with Crippen molar-refractivity contribution < 1.29 is 4.79 Å². The third-order valence-electron chi connectivity index (χ3n) is 4.67. The van der Waals surface area contributed by atoms with E-state index in [-0.39, 0.29) is 5.91 Å². The summed E-state index contributed by atoms with van der Waals surface area (Å²) in [4.78, 5) is 21.1. The highest BCUT2D eigenvalue weighted by Gasteiger charge is 2.21. The van der Waals surface area contributed by atoms with Crippen molar-refractivity contribution in [3.05, 3.63) is 65.2 Å². The number of nitrogens with zero attached hydrogens (tertiary/aromatic N) is 4. The molecule has 0 saturated carbocycles. The van der Waals surface area contributed by atoms with E-state index in [1.807, 2.05) is 65.9 Å². The Bertz CT molecular complexity index is 979. The average Bonchev–Trinajstić information content (AvgIpc) is 2.78. The van der Waals surface area contributed by atoms with Gasteiger partial charge in [-0.05, 0) is 36.1 Å². The van der Waals surface area contributed by atoms with Crippen LogP contribution in [-0.2, 0) is 4.79 Å². The van der Waals surface area contributed by atoms with E-state index in [1.54, 1.807) is 12.1 Å². The Morgan fingerprint density at radius 2 is 1.93 bits per heavy atom. The summed E-state index contributed by atoms with van der Waals surface area (Å²) in [5.74, 6) is 0.00995. The van der Waals surface area contributed by atoms with E-state index < -0.39 is 0 Å². The van der Waals surface area contributed by atoms with Crippen LogP contribution in [0.4, 0.5) is 11.4 Å². The molecule has 1 fully saturated rings. The van der Waals surface area contributed by atoms with Crippen molar-refractivity contribution in [1.29, 1.82) is 5.26 Å². The molecule has 0 bridgehead atoms. The van der Waals surface area contributed by atoms with Crippen molar-refractivity contribution in [2.24, 2.45) is 4.99 Å². The number of carbonyl (C=O) groups is 1. The average molecular weight is 440 g/mol. The van der Waals surface area contributed by atoms with Crippen molar-refractivity contribution in [3.63, 3.8) is 0 Å². The summed E-state index contributed by atoms with van der Waals surface area (Å²) in [5.41, 5.74) is 2.62. The molecule has 1 heterocycles. The molecular formula is C22H22ClN5OS. The zero-order valence-corrected chi connectivity index (χ0v) is 18.2. The van der Waals surface area contributed by atoms with E-state index in [9.17, 15) is 4.79 Å². The zero-order chi connectivity index (χ0) is 21.3. The normalized spacial score (nSPS) is 14.6. The number of nitriles is 1. The Balaban J connectivity index is 1.68. The summed E-state index contributed by atoms with van der Waals surface area (Å²) in [5, 5.41) is 12.5. The van der Waals surface area contributed by atoms with Gasteiger partial charge in [0.05, 0.1) is 11.4 Å². The molecule has 0 aromatic heterocycles. The number of anilines is 1. The summed E-state index contributed by atoms with van der Waals surface area (Å²) in [6, 6.07) is 15.3. The maximum absolute atomic E-state index is 12.5. The second kappa shape index (κ2) is 10.7. The van der Waals surface area contributed by atoms with E-state index in [4.69, 9.17) is 16.9 Å². The van der Waals surface area contributed by atoms with Crippen LogP contribution < -0.4 is 10.2 Å². The molecule has 0 unspecified atom stereocenters. The molecule has 154 valence electrons. The van der Waals surface area contributed by atoms with E-state index in [1.165, 1.54) is 11.8 Å². The second-order valence-corrected chi connectivity index (χ2v) is 7.78. The van der Waals surface area contributed by atoms with Gasteiger partial charge in [0.15, 0.2) is 11.4 Å². The van der Waals surface area contributed by atoms with Crippen molar-refractivity contribution in [1.82, 2.24) is 10.2 Å². The molecule has 0 aliphatic carbocycles. The van der Waals surface area contributed by atoms with Gasteiger partial charge in [-0.15, -0.1) is 0 Å². The summed E-state index contributed by atoms with van der Waals surface area (Å²) >= 11 is 7.52. The van der Waals surface area contributed by atoms with E-state index in [0.717, 1.165) is 11.3 Å². The first-order valence-electron chi connectivity index (χ1n) is 9.45. The lowest BCUT2D eigenvalue weighted by atomic mass is 10.2. The third-order valence-corrected chi connectivity index (χ3v) is 5.48. The van der Waals surface area contributed by atoms with Crippen LogP contribution in [0.15, 0.2) is 59.6 Å². The maximum atomic E-state index is 12.5. The zero-order valence-electron chi connectivity index (χ0n) is 16.6. The predicted octanol–water partition coefficient (Wildman–Crippen LogP) is 4.12. The second-order valence-electron chi connectivity index (χ2n) is 6.55. The Hall–Kier alpha value is -2.95. The van der Waals surface area contributed by atoms with Crippen LogP contribution in [0.1, 0.15) is 5.56 Å². The minimum absolute atomic E-state index is 0.00995. The van der Waals surface area contributed by atoms with Crippen molar-refractivity contribution in [2.75, 3.05) is 37.3 Å². The van der Waals surface area contributed by atoms with Gasteiger partial charge >= 0.3 is 0 Å². The van der Waals surface area contributed by atoms with Crippen LogP contribution >= 0.6 is 23.4 Å². The van der Waals surface area contributed by atoms with Gasteiger partial charge in [-0.1, -0.05) is 53.7 Å². The van der Waals surface area contributed by atoms with Crippen molar-refractivity contribution in [2.45, 2.75) is 0 Å². The molecule has 1 amide bonds. The van der Waals surface area contributed by atoms with Crippen LogP contribution in [0.5, 0.6) is 0 Å². The number of aliphatic imine (C=N–C) groups is 1. The van der Waals surface area contributed by atoms with Gasteiger partial charge in [0.2, 0.25) is 5.91 Å². The van der Waals surface area contributed by atoms with Gasteiger partial charge in [0.25, 0.3) is 0 Å². The lowest BCUT2D eigenvalue weighted by Crippen LogP contribution is -2.48. The Morgan fingerprint density at radius 1 is 1.20 bits per heavy atom. The minimum Gasteiger partial charge on any atom is -0.366 e. The number of benzene rings is 2. The number of thioether (sulfide) groups is 1. The fraction of sp³-hybridized carbons (Fsp3) is 0.227. The number of carbonyl (C=O) groups excluding carboxylic acids is 1. The van der Waals surface area contributed by atoms with E-state index in [0.29, 0.717) is 42.1 Å². The number of amides is 1. The molecule has 8 heteroatoms. The van der Waals surface area contributed by atoms with Crippen LogP contribution in [0.2, 0.25) is 5.02 Å². The van der Waals surface area contributed by atoms with Gasteiger partial charge in [0, 0.05) is 37.3 Å². The van der Waals surface area contributed by atoms with Gasteiger partial charge in [-0.3, -0.25) is 10.1 Å². The molecule has 0 spiro atoms. The quantitative estimate of drug-likeness (QED) is 0.255. The summed E-state index contributed by atoms with van der Waals surface area (Å²) in [6.07, 6.45) is 7.21. The highest BCUT2D eigenvalue weighted by atomic mass is 35.5. The van der Waals surface area contributed by atoms with Gasteiger partial charge in [0.1, 0.15) is 0 Å². The van der Waals surface area contributed by atoms with Crippen molar-refractivity contribution in [3.8, 4) is 6.19 Å². The van der Waals surface area contributed by atoms with E-state index >= 15 is 0 Å². The molecule has 2 aromatic rings. The molecule has 0 radical (unpaired) electrons. The van der Waals surface area contributed by atoms with E-state index in [2.05, 4.69) is 15.2 Å². The molecule has 6 nitrogen and oxygen atoms in total. The smallest absolute Gasteiger partial charge is 0.246 e. The molecule has 2 aromatic carbocycles. The number of hydrogen-bond acceptors (Lipinski definition) is 5. The largest absolute Gasteiger partial charge is 0.366 e. The van der Waals surface area contributed by atoms with Crippen LogP contribution in [0.3, 0.4) is 0 Å². The maximum Gasteiger partial charge on any atom is 0.246 e. The molecule has 30 heavy (non-hydrogen) atoms. The van der Waals surface area contributed by atoms with Gasteiger partial charge in [-0.2, -0.15) is 5.26 Å². The fourth-order valence-corrected chi connectivity index (χ4v) is 3.64. The highest BCUT2D eigenvalue weighted by Crippen LogP contribution is 2.33. The number of hydrogen-bond donors (Lipinski definition) is 1. The number of rotatable bonds is 4. The predicted molar refractivity (Wildman–Crippen MR) is 125 cm³/mol. The number of halogens is 1. The Kier molecular flexibility index (Phi) is 7.77. The first-order valence-corrected chi connectivity index (χ1v) is 11.1. The minimum atomic E-state index is 0.00995. The SMILES string of the molecule is CSC(=Nc1cc(Cl)ccc1N1CCN(C(=O)C=Cc2ccccc2)CC1)NC#N. The molecular weight excluding hydrogens is 418 g/mol. The molecule has 1 saturated heterocycles. The number of amidine groups is 1. The van der Waals surface area contributed by atoms with Crippen LogP contribution in [-0.4, -0.2) is 48.4 Å². The van der Waals surface area contributed by atoms with Crippen molar-refractivity contribution >= 4 is 51.9 Å². The summed E-state index contributed by atoms with van der Waals surface area (Å²) in [6.45, 7) is 2.62. The lowest BCUT2D eigenvalue weighted by Gasteiger charge is -2.36. The molecule has 0 atom stereocenters. The Labute approximate surface area is 185 Å². The molecule has 1 aliphatic heterocycles. The number of piperazine rings is 1. The molecule has 1 aliphatic rings. The van der Waals surface area contributed by atoms with Crippen LogP contribution in [0.25, 0.3) is 6.08 Å². The highest BCUT2D eigenvalue weighted by molar-refractivity contribution is 8.13. The van der Waals surface area contributed by atoms with Crippen LogP contribution in [0, 0.1) is 11.5 Å². The standard InChI is InChI=1S/C22H22ClN5OS/c1-30-22(25-16-24)26-19-15-18(23)8-9-20(19)27-11-13-28(14-12-27)21(29)10-7-17-5-3-2-4-6-17/h2-10,15H,11-14H2,1H3,(H,25,26). The van der Waals surface area contributed by atoms with Gasteiger partial charge < -0.3 is 9.80 Å². The number of nitrogens with one attached hydrogen (secondary N) is 1. The first kappa shape index (κ1) is 21.8. The lowest BCUT2D eigenvalue weighted by molar-refractivity contribution is -0.126. The summed E-state index contributed by atoms with van der Waals surface area (Å²) in [7, 11) is 0. The third kappa shape index (κ3) is 5.78. The van der Waals surface area contributed by atoms with Gasteiger partial charge in [-0.25, -0.2) is 4.99 Å². The molecule has 3 rings (SSSR count). The summed E-state index contributed by atoms with van der Waals surface area (Å²) < 4.78 is 0. The topological polar surface area (TPSA) is 71.7 Å².